The van der Waals surface area contributed by atoms with Crippen LogP contribution < -0.4 is 10.6 Å². The molecule has 134 valence electrons. The van der Waals surface area contributed by atoms with Gasteiger partial charge < -0.3 is 15.4 Å². The molecule has 0 saturated carbocycles. The van der Waals surface area contributed by atoms with Crippen molar-refractivity contribution in [2.24, 2.45) is 11.7 Å². The van der Waals surface area contributed by atoms with E-state index in [0.717, 1.165) is 23.5 Å². The summed E-state index contributed by atoms with van der Waals surface area (Å²) in [7, 11) is 1.86. The third kappa shape index (κ3) is 3.54. The number of nitrogens with zero attached hydrogens (tertiary/aromatic N) is 3. The molecule has 1 aromatic heterocycles. The van der Waals surface area contributed by atoms with Gasteiger partial charge in [0, 0.05) is 25.1 Å². The standard InChI is InChI=1S/C16H17F3N4O2/c1-22-7-10(9-25-15(20)24)8-23-14(22)13(6-21-23)11-2-4-12(5-3-11)16(17,18)19/h2-6,10H,7-9H2,1H3,(H2,20,24). The van der Waals surface area contributed by atoms with E-state index in [1.54, 1.807) is 10.9 Å². The molecule has 1 aliphatic rings. The van der Waals surface area contributed by atoms with E-state index in [2.05, 4.69) is 5.10 Å². The molecular weight excluding hydrogens is 337 g/mol. The van der Waals surface area contributed by atoms with Crippen molar-refractivity contribution in [3.8, 4) is 11.1 Å². The van der Waals surface area contributed by atoms with E-state index in [1.807, 2.05) is 11.9 Å². The highest BCUT2D eigenvalue weighted by atomic mass is 19.4. The smallest absolute Gasteiger partial charge is 0.416 e. The van der Waals surface area contributed by atoms with Gasteiger partial charge in [0.05, 0.1) is 24.9 Å². The second-order valence-electron chi connectivity index (χ2n) is 6.02. The summed E-state index contributed by atoms with van der Waals surface area (Å²) < 4.78 is 44.7. The molecule has 0 bridgehead atoms. The first-order valence-corrected chi connectivity index (χ1v) is 7.62. The van der Waals surface area contributed by atoms with Gasteiger partial charge >= 0.3 is 12.3 Å². The van der Waals surface area contributed by atoms with Crippen LogP contribution in [0.3, 0.4) is 0 Å². The second-order valence-corrected chi connectivity index (χ2v) is 6.02. The van der Waals surface area contributed by atoms with Crippen LogP contribution in [-0.2, 0) is 17.5 Å². The van der Waals surface area contributed by atoms with Crippen LogP contribution in [0, 0.1) is 5.92 Å². The number of halogens is 3. The predicted octanol–water partition coefficient (Wildman–Crippen LogP) is 2.73. The molecule has 0 spiro atoms. The number of carbonyl (C=O) groups excluding carboxylic acids is 1. The van der Waals surface area contributed by atoms with Gasteiger partial charge in [-0.2, -0.15) is 18.3 Å². The zero-order valence-corrected chi connectivity index (χ0v) is 13.5. The van der Waals surface area contributed by atoms with Crippen LogP contribution >= 0.6 is 0 Å². The molecule has 2 heterocycles. The fraction of sp³-hybridized carbons (Fsp3) is 0.375. The van der Waals surface area contributed by atoms with E-state index in [9.17, 15) is 18.0 Å². The highest BCUT2D eigenvalue weighted by molar-refractivity contribution is 5.76. The Bertz CT molecular complexity index is 771. The van der Waals surface area contributed by atoms with Crippen LogP contribution in [0.5, 0.6) is 0 Å². The zero-order valence-electron chi connectivity index (χ0n) is 13.5. The number of hydrogen-bond acceptors (Lipinski definition) is 4. The van der Waals surface area contributed by atoms with Crippen molar-refractivity contribution >= 4 is 11.9 Å². The van der Waals surface area contributed by atoms with Crippen LogP contribution in [0.1, 0.15) is 5.56 Å². The zero-order chi connectivity index (χ0) is 18.2. The SMILES string of the molecule is CN1CC(COC(N)=O)Cn2ncc(-c3ccc(C(F)(F)F)cc3)c21. The van der Waals surface area contributed by atoms with Gasteiger partial charge in [-0.3, -0.25) is 0 Å². The fourth-order valence-corrected chi connectivity index (χ4v) is 3.04. The molecule has 2 N–H and O–H groups in total. The lowest BCUT2D eigenvalue weighted by Gasteiger charge is -2.32. The molecule has 1 atom stereocenters. The number of amides is 1. The first-order chi connectivity index (χ1) is 11.8. The highest BCUT2D eigenvalue weighted by Gasteiger charge is 2.31. The Morgan fingerprint density at radius 3 is 2.60 bits per heavy atom. The number of nitrogens with two attached hydrogens (primary N) is 1. The summed E-state index contributed by atoms with van der Waals surface area (Å²) in [6.07, 6.45) is -3.55. The number of aromatic nitrogens is 2. The molecule has 25 heavy (non-hydrogen) atoms. The third-order valence-electron chi connectivity index (χ3n) is 4.12. The number of fused-ring (bicyclic) bond motifs is 1. The van der Waals surface area contributed by atoms with E-state index >= 15 is 0 Å². The van der Waals surface area contributed by atoms with Gasteiger partial charge in [-0.15, -0.1) is 0 Å². The Hall–Kier alpha value is -2.71. The van der Waals surface area contributed by atoms with Gasteiger partial charge in [0.2, 0.25) is 0 Å². The summed E-state index contributed by atoms with van der Waals surface area (Å²) >= 11 is 0. The molecule has 0 fully saturated rings. The van der Waals surface area contributed by atoms with Crippen molar-refractivity contribution < 1.29 is 22.7 Å². The monoisotopic (exact) mass is 354 g/mol. The largest absolute Gasteiger partial charge is 0.449 e. The molecule has 1 aliphatic heterocycles. The minimum Gasteiger partial charge on any atom is -0.449 e. The Labute approximate surface area is 142 Å². The Morgan fingerprint density at radius 1 is 1.32 bits per heavy atom. The molecule has 0 aliphatic carbocycles. The van der Waals surface area contributed by atoms with Crippen molar-refractivity contribution in [3.05, 3.63) is 36.0 Å². The minimum absolute atomic E-state index is 0.0327. The van der Waals surface area contributed by atoms with Crippen LogP contribution in [-0.4, -0.2) is 36.1 Å². The minimum atomic E-state index is -4.36. The van der Waals surface area contributed by atoms with E-state index < -0.39 is 17.8 Å². The second kappa shape index (κ2) is 6.30. The number of ether oxygens (including phenoxy) is 1. The fourth-order valence-electron chi connectivity index (χ4n) is 3.04. The normalized spacial score (nSPS) is 17.3. The number of anilines is 1. The quantitative estimate of drug-likeness (QED) is 0.920. The Balaban J connectivity index is 1.84. The van der Waals surface area contributed by atoms with Crippen molar-refractivity contribution in [2.75, 3.05) is 25.1 Å². The van der Waals surface area contributed by atoms with E-state index in [4.69, 9.17) is 10.5 Å². The lowest BCUT2D eigenvalue weighted by Crippen LogP contribution is -2.38. The van der Waals surface area contributed by atoms with Crippen LogP contribution in [0.15, 0.2) is 30.5 Å². The lowest BCUT2D eigenvalue weighted by molar-refractivity contribution is -0.137. The first kappa shape index (κ1) is 17.1. The molecular formula is C16H17F3N4O2. The van der Waals surface area contributed by atoms with Crippen LogP contribution in [0.2, 0.25) is 0 Å². The number of rotatable bonds is 3. The predicted molar refractivity (Wildman–Crippen MR) is 85.0 cm³/mol. The molecule has 0 radical (unpaired) electrons. The molecule has 1 aromatic carbocycles. The van der Waals surface area contributed by atoms with Crippen molar-refractivity contribution in [1.82, 2.24) is 9.78 Å². The molecule has 3 rings (SSSR count). The number of carbonyl (C=O) groups is 1. The average molecular weight is 354 g/mol. The summed E-state index contributed by atoms with van der Waals surface area (Å²) in [5.41, 5.74) is 5.71. The lowest BCUT2D eigenvalue weighted by atomic mass is 10.0. The maximum absolute atomic E-state index is 12.7. The number of primary amides is 1. The molecule has 9 heteroatoms. The molecule has 1 unspecified atom stereocenters. The van der Waals surface area contributed by atoms with Gasteiger partial charge in [-0.1, -0.05) is 12.1 Å². The summed E-state index contributed by atoms with van der Waals surface area (Å²) in [6.45, 7) is 1.34. The van der Waals surface area contributed by atoms with Crippen molar-refractivity contribution in [1.29, 1.82) is 0 Å². The van der Waals surface area contributed by atoms with Gasteiger partial charge in [0.1, 0.15) is 5.82 Å². The first-order valence-electron chi connectivity index (χ1n) is 7.62. The summed E-state index contributed by atoms with van der Waals surface area (Å²) in [4.78, 5) is 12.7. The van der Waals surface area contributed by atoms with E-state index in [0.29, 0.717) is 18.7 Å². The number of benzene rings is 1. The summed E-state index contributed by atoms with van der Waals surface area (Å²) in [5.74, 6) is 0.848. The van der Waals surface area contributed by atoms with Crippen molar-refractivity contribution in [2.45, 2.75) is 12.7 Å². The maximum atomic E-state index is 12.7. The molecule has 1 amide bonds. The molecule has 6 nitrogen and oxygen atoms in total. The average Bonchev–Trinajstić information content (AvgIpc) is 2.97. The summed E-state index contributed by atoms with van der Waals surface area (Å²) in [6, 6.07) is 5.01. The van der Waals surface area contributed by atoms with Gasteiger partial charge in [0.25, 0.3) is 0 Å². The summed E-state index contributed by atoms with van der Waals surface area (Å²) in [5, 5.41) is 4.31. The Morgan fingerprint density at radius 2 is 2.00 bits per heavy atom. The van der Waals surface area contributed by atoms with Crippen molar-refractivity contribution in [3.63, 3.8) is 0 Å². The third-order valence-corrected chi connectivity index (χ3v) is 4.12. The maximum Gasteiger partial charge on any atom is 0.416 e. The van der Waals surface area contributed by atoms with E-state index in [-0.39, 0.29) is 12.5 Å². The molecule has 2 aromatic rings. The Kier molecular flexibility index (Phi) is 4.32. The number of hydrogen-bond donors (Lipinski definition) is 1. The van der Waals surface area contributed by atoms with E-state index in [1.165, 1.54) is 12.1 Å². The number of alkyl halides is 3. The van der Waals surface area contributed by atoms with Gasteiger partial charge in [0.15, 0.2) is 0 Å². The topological polar surface area (TPSA) is 73.4 Å². The molecule has 0 saturated heterocycles. The van der Waals surface area contributed by atoms with Gasteiger partial charge in [-0.25, -0.2) is 9.48 Å². The van der Waals surface area contributed by atoms with Crippen LogP contribution in [0.25, 0.3) is 11.1 Å². The van der Waals surface area contributed by atoms with Gasteiger partial charge in [-0.05, 0) is 17.7 Å². The highest BCUT2D eigenvalue weighted by Crippen LogP contribution is 2.36. The van der Waals surface area contributed by atoms with Crippen LogP contribution in [0.4, 0.5) is 23.8 Å².